The third-order valence-electron chi connectivity index (χ3n) is 19.0. The molecule has 0 saturated carbocycles. The Balaban J connectivity index is 0.724. The van der Waals surface area contributed by atoms with E-state index in [-0.39, 0.29) is 140 Å². The zero-order chi connectivity index (χ0) is 66.7. The number of piperazine rings is 1. The number of likely N-dealkylation sites (N-methyl/N-ethyl adjacent to an activating group) is 2. The van der Waals surface area contributed by atoms with Gasteiger partial charge in [0.1, 0.15) is 42.8 Å². The van der Waals surface area contributed by atoms with Crippen molar-refractivity contribution in [3.63, 3.8) is 0 Å². The lowest BCUT2D eigenvalue weighted by atomic mass is 9.85. The summed E-state index contributed by atoms with van der Waals surface area (Å²) >= 11 is 6.74. The number of hydrogen-bond donors (Lipinski definition) is 1. The van der Waals surface area contributed by atoms with E-state index in [0.29, 0.717) is 34.9 Å². The lowest BCUT2D eigenvalue weighted by Crippen LogP contribution is -2.57. The topological polar surface area (TPSA) is 224 Å². The second kappa shape index (κ2) is 24.0. The molecule has 12 rings (SSSR count). The van der Waals surface area contributed by atoms with E-state index in [4.69, 9.17) is 46.3 Å². The van der Waals surface area contributed by atoms with Gasteiger partial charge in [-0.2, -0.15) is 23.1 Å². The molecule has 0 aliphatic carbocycles. The van der Waals surface area contributed by atoms with Crippen LogP contribution >= 0.6 is 11.6 Å². The number of halogens is 8. The van der Waals surface area contributed by atoms with Gasteiger partial charge >= 0.3 is 30.3 Å². The fourth-order valence-electron chi connectivity index (χ4n) is 14.0. The number of amides is 3. The molecular weight excluding hydrogens is 1250 g/mol. The fraction of sp³-hybridized carbons (Fsp3) is 0.516. The molecule has 4 atom stereocenters. The highest BCUT2D eigenvalue weighted by Gasteiger charge is 2.52. The lowest BCUT2D eigenvalue weighted by Gasteiger charge is -2.43. The molecule has 0 bridgehead atoms. The van der Waals surface area contributed by atoms with Gasteiger partial charge in [0, 0.05) is 86.4 Å². The van der Waals surface area contributed by atoms with Gasteiger partial charge in [-0.25, -0.2) is 41.9 Å². The van der Waals surface area contributed by atoms with Gasteiger partial charge in [-0.05, 0) is 121 Å². The number of alkyl halides is 5. The van der Waals surface area contributed by atoms with Crippen molar-refractivity contribution in [1.82, 2.24) is 49.0 Å². The number of nitrogens with two attached hydrogens (primary N) is 1. The summed E-state index contributed by atoms with van der Waals surface area (Å²) < 4.78 is 130. The van der Waals surface area contributed by atoms with Crippen LogP contribution < -0.4 is 20.9 Å². The molecule has 4 fully saturated rings. The highest BCUT2D eigenvalue weighted by Crippen LogP contribution is 2.47. The highest BCUT2D eigenvalue weighted by atomic mass is 35.5. The number of carbonyl (C=O) groups is 4. The molecule has 4 saturated heterocycles. The second-order valence-corrected chi connectivity index (χ2v) is 26.4. The number of aryl methyl sites for hydroxylation is 2. The summed E-state index contributed by atoms with van der Waals surface area (Å²) in [6.45, 7) is 9.29. The molecule has 10 heterocycles. The number of cyclic esters (lactones) is 1. The molecule has 0 unspecified atom stereocenters. The number of aromatic nitrogens is 5. The van der Waals surface area contributed by atoms with E-state index in [9.17, 15) is 45.9 Å². The summed E-state index contributed by atoms with van der Waals surface area (Å²) in [6, 6.07) is 5.41. The first-order valence-corrected chi connectivity index (χ1v) is 31.2. The number of carbonyl (C=O) groups excluding carboxylic acids is 4. The van der Waals surface area contributed by atoms with Crippen LogP contribution in [0.2, 0.25) is 5.02 Å². The minimum absolute atomic E-state index is 0.00221. The van der Waals surface area contributed by atoms with Crippen LogP contribution in [0.3, 0.4) is 0 Å². The quantitative estimate of drug-likeness (QED) is 0.0608. The predicted molar refractivity (Wildman–Crippen MR) is 328 cm³/mol. The van der Waals surface area contributed by atoms with Crippen LogP contribution in [0.1, 0.15) is 98.7 Å². The molecule has 0 spiro atoms. The van der Waals surface area contributed by atoms with Crippen LogP contribution in [0.4, 0.5) is 52.0 Å². The molecule has 496 valence electrons. The van der Waals surface area contributed by atoms with Gasteiger partial charge in [0.05, 0.1) is 75.4 Å². The number of ether oxygens (including phenoxy) is 4. The van der Waals surface area contributed by atoms with Gasteiger partial charge < -0.3 is 53.7 Å². The van der Waals surface area contributed by atoms with Crippen molar-refractivity contribution < 1.29 is 68.9 Å². The molecule has 6 aromatic rings. The SMILES string of the molecule is CC[C@@]1(OC(=O)N(C)C[C@@H]2CCCN2C(=O)OCC(C)(C)C(=O)N2CCN(c3nc(OC[C@@H]4CCCN4C)nc4c(F)c(-c5nc(N)cc(C)c5C(F)(F)F)c(Cl)cc34)[C@@H](C)C2)C(=O)OCc2c1cc1n(c2=O)Cc2c-1nc1cc(F)c(C)cc1c2CN1CC(F)(F)C1. The number of rotatable bonds is 14. The van der Waals surface area contributed by atoms with Crippen LogP contribution in [0.25, 0.3) is 44.5 Å². The molecular formula is C64H70ClF7N12O9. The molecule has 6 aliphatic heterocycles. The van der Waals surface area contributed by atoms with Crippen molar-refractivity contribution in [3.8, 4) is 28.7 Å². The Morgan fingerprint density at radius 2 is 1.63 bits per heavy atom. The average molecular weight is 1320 g/mol. The molecule has 21 nitrogen and oxygen atoms in total. The zero-order valence-corrected chi connectivity index (χ0v) is 53.3. The molecule has 2 N–H and O–H groups in total. The van der Waals surface area contributed by atoms with Gasteiger partial charge in [0.2, 0.25) is 11.5 Å². The summed E-state index contributed by atoms with van der Waals surface area (Å²) in [5, 5.41) is 0.212. The number of benzene rings is 2. The van der Waals surface area contributed by atoms with Crippen molar-refractivity contribution in [2.75, 3.05) is 90.3 Å². The van der Waals surface area contributed by atoms with E-state index in [2.05, 4.69) is 14.9 Å². The summed E-state index contributed by atoms with van der Waals surface area (Å²) in [5.74, 6) is -6.00. The van der Waals surface area contributed by atoms with E-state index < -0.39 is 112 Å². The highest BCUT2D eigenvalue weighted by molar-refractivity contribution is 6.34. The molecule has 4 aromatic heterocycles. The Morgan fingerprint density at radius 1 is 0.903 bits per heavy atom. The Labute approximate surface area is 534 Å². The number of nitrogens with zero attached hydrogens (tertiary/aromatic N) is 11. The number of fused-ring (bicyclic) bond motifs is 6. The van der Waals surface area contributed by atoms with Crippen LogP contribution in [0.15, 0.2) is 35.1 Å². The first-order valence-electron chi connectivity index (χ1n) is 30.9. The van der Waals surface area contributed by atoms with E-state index in [1.165, 1.54) is 40.5 Å². The maximum Gasteiger partial charge on any atom is 0.418 e. The smallest absolute Gasteiger partial charge is 0.418 e. The van der Waals surface area contributed by atoms with Gasteiger partial charge in [0.25, 0.3) is 11.5 Å². The van der Waals surface area contributed by atoms with Crippen molar-refractivity contribution in [2.45, 2.75) is 129 Å². The largest absolute Gasteiger partial charge is 0.462 e. The number of anilines is 2. The second-order valence-electron chi connectivity index (χ2n) is 26.0. The summed E-state index contributed by atoms with van der Waals surface area (Å²) in [4.78, 5) is 99.0. The van der Waals surface area contributed by atoms with E-state index in [0.717, 1.165) is 25.5 Å². The Kier molecular flexibility index (Phi) is 16.8. The maximum atomic E-state index is 17.2. The maximum absolute atomic E-state index is 17.2. The Hall–Kier alpha value is -8.11. The zero-order valence-electron chi connectivity index (χ0n) is 52.5. The van der Waals surface area contributed by atoms with E-state index in [1.807, 2.05) is 18.9 Å². The summed E-state index contributed by atoms with van der Waals surface area (Å²) in [7, 11) is 3.37. The van der Waals surface area contributed by atoms with Crippen LogP contribution in [-0.4, -0.2) is 177 Å². The Morgan fingerprint density at radius 3 is 2.32 bits per heavy atom. The molecule has 29 heteroatoms. The normalized spacial score (nSPS) is 21.4. The van der Waals surface area contributed by atoms with Crippen LogP contribution in [-0.2, 0) is 55.3 Å². The lowest BCUT2D eigenvalue weighted by molar-refractivity contribution is -0.173. The van der Waals surface area contributed by atoms with Crippen molar-refractivity contribution >= 4 is 69.1 Å². The third kappa shape index (κ3) is 11.7. The van der Waals surface area contributed by atoms with Crippen LogP contribution in [0.5, 0.6) is 6.01 Å². The average Bonchev–Trinajstić information content (AvgIpc) is 1.67. The minimum atomic E-state index is -4.96. The molecule has 0 radical (unpaired) electrons. The summed E-state index contributed by atoms with van der Waals surface area (Å²) in [6.07, 6.45) is -4.12. The predicted octanol–water partition coefficient (Wildman–Crippen LogP) is 9.60. The van der Waals surface area contributed by atoms with Crippen molar-refractivity contribution in [3.05, 3.63) is 96.3 Å². The van der Waals surface area contributed by atoms with Crippen molar-refractivity contribution in [2.24, 2.45) is 5.41 Å². The van der Waals surface area contributed by atoms with Gasteiger partial charge in [-0.1, -0.05) is 18.5 Å². The molecule has 6 aliphatic rings. The molecule has 3 amide bonds. The molecule has 93 heavy (non-hydrogen) atoms. The summed E-state index contributed by atoms with van der Waals surface area (Å²) in [5.41, 5.74) is 1.04. The van der Waals surface area contributed by atoms with Gasteiger partial charge in [-0.15, -0.1) is 0 Å². The first-order chi connectivity index (χ1) is 43.9. The van der Waals surface area contributed by atoms with E-state index in [1.54, 1.807) is 49.6 Å². The number of likely N-dealkylation sites (tertiary alicyclic amines) is 3. The third-order valence-corrected chi connectivity index (χ3v) is 19.3. The number of nitrogen functional groups attached to an aromatic ring is 1. The minimum Gasteiger partial charge on any atom is -0.462 e. The van der Waals surface area contributed by atoms with Crippen LogP contribution in [0, 0.1) is 30.9 Å². The van der Waals surface area contributed by atoms with Gasteiger partial charge in [0.15, 0.2) is 5.82 Å². The first kappa shape index (κ1) is 65.0. The number of hydrogen-bond acceptors (Lipinski definition) is 17. The van der Waals surface area contributed by atoms with E-state index >= 15 is 8.78 Å². The van der Waals surface area contributed by atoms with Crippen molar-refractivity contribution in [1.29, 1.82) is 0 Å². The standard InChI is InChI=1S/C64H70ClF7N12O9/c1-9-63(42-21-46-51-40(26-84(46)55(85)41(42)28-90-57(63)87)39(25-80-29-62(68,69)30-80)37-18-32(2)44(66)22-45(37)74-51)93-59(88)79(8)24-35-12-11-15-83(35)60(89)92-31-61(5,6)56(86)81-16-17-82(34(4)23-81)54-38-20-43(65)48(53-49(64(70,71)72)33(3)19-47(73)75-53)50(67)52(38)76-58(77-54)91-27-36-13-10-14-78(36)7/h18-22,34-36H,9-17,23-31H2,1-8H3,(H2,73,75)/t34-,35-,36-,63-/m0/s1. The Bertz CT molecular complexity index is 4150. The number of esters is 1. The fourth-order valence-corrected chi connectivity index (χ4v) is 14.3. The number of pyridine rings is 3. The van der Waals surface area contributed by atoms with Gasteiger partial charge in [-0.3, -0.25) is 14.5 Å². The molecule has 2 aromatic carbocycles. The monoisotopic (exact) mass is 1320 g/mol.